The standard InChI is InChI=1S/C8H10N2O3S/c1-6-7-4-2-3-5-8(7)13-10(6)14(9,11)12/h2-6H,1H3,(H2,9,11,12). The number of nitrogens with two attached hydrogens (primary N) is 1. The third-order valence-corrected chi connectivity index (χ3v) is 3.02. The van der Waals surface area contributed by atoms with E-state index in [4.69, 9.17) is 9.98 Å². The minimum atomic E-state index is -3.81. The van der Waals surface area contributed by atoms with Gasteiger partial charge in [-0.15, -0.1) is 0 Å². The van der Waals surface area contributed by atoms with Gasteiger partial charge in [0.15, 0.2) is 5.75 Å². The number of rotatable bonds is 1. The zero-order valence-corrected chi connectivity index (χ0v) is 8.36. The first-order chi connectivity index (χ1) is 6.50. The van der Waals surface area contributed by atoms with E-state index in [2.05, 4.69) is 0 Å². The Bertz CT molecular complexity index is 457. The van der Waals surface area contributed by atoms with Gasteiger partial charge >= 0.3 is 10.2 Å². The second kappa shape index (κ2) is 2.94. The van der Waals surface area contributed by atoms with Crippen LogP contribution in [-0.4, -0.2) is 12.9 Å². The summed E-state index contributed by atoms with van der Waals surface area (Å²) >= 11 is 0. The van der Waals surface area contributed by atoms with E-state index in [0.717, 1.165) is 10.0 Å². The Kier molecular flexibility index (Phi) is 1.99. The largest absolute Gasteiger partial charge is 0.389 e. The van der Waals surface area contributed by atoms with Gasteiger partial charge in [0.2, 0.25) is 0 Å². The molecule has 0 aromatic heterocycles. The molecule has 1 aromatic rings. The molecule has 0 bridgehead atoms. The molecule has 14 heavy (non-hydrogen) atoms. The number of fused-ring (bicyclic) bond motifs is 1. The van der Waals surface area contributed by atoms with Crippen molar-refractivity contribution in [2.45, 2.75) is 13.0 Å². The summed E-state index contributed by atoms with van der Waals surface area (Å²) in [7, 11) is -3.81. The van der Waals surface area contributed by atoms with Crippen LogP contribution in [0, 0.1) is 0 Å². The van der Waals surface area contributed by atoms with Crippen molar-refractivity contribution in [2.24, 2.45) is 5.14 Å². The van der Waals surface area contributed by atoms with Crippen molar-refractivity contribution in [3.8, 4) is 5.75 Å². The molecule has 1 aromatic carbocycles. The summed E-state index contributed by atoms with van der Waals surface area (Å²) in [6.45, 7) is 1.72. The SMILES string of the molecule is CC1c2ccccc2ON1S(N)(=O)=O. The van der Waals surface area contributed by atoms with Crippen molar-refractivity contribution < 1.29 is 13.3 Å². The van der Waals surface area contributed by atoms with Gasteiger partial charge in [0.05, 0.1) is 6.04 Å². The van der Waals surface area contributed by atoms with Crippen LogP contribution in [0.25, 0.3) is 0 Å². The molecule has 5 nitrogen and oxygen atoms in total. The number of hydroxylamine groups is 1. The zero-order valence-electron chi connectivity index (χ0n) is 7.54. The summed E-state index contributed by atoms with van der Waals surface area (Å²) in [5, 5.41) is 4.98. The lowest BCUT2D eigenvalue weighted by atomic mass is 10.1. The topological polar surface area (TPSA) is 72.6 Å². The molecule has 1 atom stereocenters. The second-order valence-electron chi connectivity index (χ2n) is 3.11. The number of nitrogens with zero attached hydrogens (tertiary/aromatic N) is 1. The third-order valence-electron chi connectivity index (χ3n) is 2.12. The lowest BCUT2D eigenvalue weighted by Gasteiger charge is -2.15. The van der Waals surface area contributed by atoms with Crippen LogP contribution in [-0.2, 0) is 10.2 Å². The molecule has 1 aliphatic rings. The molecule has 1 unspecified atom stereocenters. The van der Waals surface area contributed by atoms with Crippen LogP contribution in [0.5, 0.6) is 5.75 Å². The highest BCUT2D eigenvalue weighted by Gasteiger charge is 2.35. The summed E-state index contributed by atoms with van der Waals surface area (Å²) in [4.78, 5) is 5.10. The average molecular weight is 214 g/mol. The lowest BCUT2D eigenvalue weighted by Crippen LogP contribution is -2.37. The first-order valence-electron chi connectivity index (χ1n) is 4.09. The Hall–Kier alpha value is -1.11. The zero-order chi connectivity index (χ0) is 10.3. The normalized spacial score (nSPS) is 21.7. The Labute approximate surface area is 82.2 Å². The van der Waals surface area contributed by atoms with E-state index in [-0.39, 0.29) is 6.04 Å². The number of benzene rings is 1. The van der Waals surface area contributed by atoms with Crippen LogP contribution in [0.3, 0.4) is 0 Å². The van der Waals surface area contributed by atoms with Crippen LogP contribution in [0.2, 0.25) is 0 Å². The van der Waals surface area contributed by atoms with Crippen LogP contribution >= 0.6 is 0 Å². The Morgan fingerprint density at radius 1 is 1.43 bits per heavy atom. The average Bonchev–Trinajstić information content (AvgIpc) is 2.44. The maximum atomic E-state index is 11.1. The van der Waals surface area contributed by atoms with E-state index in [0.29, 0.717) is 5.75 Å². The Morgan fingerprint density at radius 3 is 2.64 bits per heavy atom. The van der Waals surface area contributed by atoms with Gasteiger partial charge in [0, 0.05) is 5.56 Å². The molecule has 2 rings (SSSR count). The molecule has 76 valence electrons. The van der Waals surface area contributed by atoms with E-state index in [9.17, 15) is 8.42 Å². The first kappa shape index (κ1) is 9.45. The fourth-order valence-electron chi connectivity index (χ4n) is 1.47. The van der Waals surface area contributed by atoms with E-state index in [1.807, 2.05) is 12.1 Å². The van der Waals surface area contributed by atoms with Gasteiger partial charge in [-0.25, -0.2) is 5.14 Å². The van der Waals surface area contributed by atoms with Crippen LogP contribution < -0.4 is 9.98 Å². The van der Waals surface area contributed by atoms with Crippen LogP contribution in [0.15, 0.2) is 24.3 Å². The summed E-state index contributed by atoms with van der Waals surface area (Å²) in [5.74, 6) is 0.536. The molecule has 0 aliphatic carbocycles. The third kappa shape index (κ3) is 1.37. The van der Waals surface area contributed by atoms with Gasteiger partial charge in [0.1, 0.15) is 0 Å². The van der Waals surface area contributed by atoms with Gasteiger partial charge in [-0.2, -0.15) is 8.42 Å². The minimum absolute atomic E-state index is 0.374. The van der Waals surface area contributed by atoms with Crippen molar-refractivity contribution in [1.82, 2.24) is 4.47 Å². The van der Waals surface area contributed by atoms with Gasteiger partial charge < -0.3 is 4.84 Å². The molecular weight excluding hydrogens is 204 g/mol. The van der Waals surface area contributed by atoms with Crippen molar-refractivity contribution in [3.63, 3.8) is 0 Å². The second-order valence-corrected chi connectivity index (χ2v) is 4.50. The van der Waals surface area contributed by atoms with Crippen LogP contribution in [0.4, 0.5) is 0 Å². The van der Waals surface area contributed by atoms with Crippen molar-refractivity contribution >= 4 is 10.2 Å². The fourth-order valence-corrected chi connectivity index (χ4v) is 2.21. The monoisotopic (exact) mass is 214 g/mol. The molecule has 6 heteroatoms. The highest BCUT2D eigenvalue weighted by molar-refractivity contribution is 7.86. The predicted molar refractivity (Wildman–Crippen MR) is 50.4 cm³/mol. The summed E-state index contributed by atoms with van der Waals surface area (Å²) in [6, 6.07) is 6.74. The molecule has 1 heterocycles. The predicted octanol–water partition coefficient (Wildman–Crippen LogP) is 0.561. The van der Waals surface area contributed by atoms with E-state index < -0.39 is 10.2 Å². The van der Waals surface area contributed by atoms with Gasteiger partial charge in [-0.05, 0) is 17.5 Å². The highest BCUT2D eigenvalue weighted by atomic mass is 32.2. The maximum absolute atomic E-state index is 11.1. The fraction of sp³-hybridized carbons (Fsp3) is 0.250. The first-order valence-corrected chi connectivity index (χ1v) is 5.59. The van der Waals surface area contributed by atoms with Gasteiger partial charge in [-0.3, -0.25) is 0 Å². The van der Waals surface area contributed by atoms with Crippen molar-refractivity contribution in [2.75, 3.05) is 0 Å². The Balaban J connectivity index is 2.44. The molecule has 0 fully saturated rings. The molecule has 0 radical (unpaired) electrons. The summed E-state index contributed by atoms with van der Waals surface area (Å²) in [6.07, 6.45) is 0. The van der Waals surface area contributed by atoms with Gasteiger partial charge in [-0.1, -0.05) is 18.2 Å². The quantitative estimate of drug-likeness (QED) is 0.742. The highest BCUT2D eigenvalue weighted by Crippen LogP contribution is 2.37. The molecule has 0 saturated carbocycles. The van der Waals surface area contributed by atoms with E-state index in [1.54, 1.807) is 19.1 Å². The summed E-state index contributed by atoms with van der Waals surface area (Å²) < 4.78 is 23.0. The molecule has 0 amide bonds. The van der Waals surface area contributed by atoms with Gasteiger partial charge in [0.25, 0.3) is 0 Å². The minimum Gasteiger partial charge on any atom is -0.389 e. The molecular formula is C8H10N2O3S. The lowest BCUT2D eigenvalue weighted by molar-refractivity contribution is 0.0320. The molecule has 0 spiro atoms. The maximum Gasteiger partial charge on any atom is 0.308 e. The van der Waals surface area contributed by atoms with Crippen LogP contribution in [0.1, 0.15) is 18.5 Å². The van der Waals surface area contributed by atoms with Crippen molar-refractivity contribution in [1.29, 1.82) is 0 Å². The molecule has 0 saturated heterocycles. The molecule has 1 aliphatic heterocycles. The molecule has 2 N–H and O–H groups in total. The summed E-state index contributed by atoms with van der Waals surface area (Å²) in [5.41, 5.74) is 0.821. The number of para-hydroxylation sites is 1. The Morgan fingerprint density at radius 2 is 2.07 bits per heavy atom. The van der Waals surface area contributed by atoms with E-state index in [1.165, 1.54) is 0 Å². The smallest absolute Gasteiger partial charge is 0.308 e. The number of hydrogen-bond acceptors (Lipinski definition) is 3. The van der Waals surface area contributed by atoms with Crippen molar-refractivity contribution in [3.05, 3.63) is 29.8 Å². The van der Waals surface area contributed by atoms with E-state index >= 15 is 0 Å². The number of hydrogen-bond donors (Lipinski definition) is 1.